The van der Waals surface area contributed by atoms with Crippen LogP contribution < -0.4 is 10.6 Å². The zero-order valence-corrected chi connectivity index (χ0v) is 18.5. The van der Waals surface area contributed by atoms with Crippen LogP contribution >= 0.6 is 22.6 Å². The van der Waals surface area contributed by atoms with Gasteiger partial charge in [0.05, 0.1) is 6.04 Å². The van der Waals surface area contributed by atoms with Crippen LogP contribution in [0, 0.1) is 3.57 Å². The Morgan fingerprint density at radius 3 is 1.96 bits per heavy atom. The number of rotatable bonds is 5. The number of carbonyl (C=O) groups excluding carboxylic acids is 2. The molecule has 0 aliphatic carbocycles. The van der Waals surface area contributed by atoms with Crippen molar-refractivity contribution in [3.8, 4) is 0 Å². The Balaban J connectivity index is 2.72. The highest BCUT2D eigenvalue weighted by Gasteiger charge is 2.22. The first-order valence-electron chi connectivity index (χ1n) is 8.55. The lowest BCUT2D eigenvalue weighted by Gasteiger charge is -2.25. The fourth-order valence-corrected chi connectivity index (χ4v) is 2.43. The summed E-state index contributed by atoms with van der Waals surface area (Å²) in [6, 6.07) is 7.68. The van der Waals surface area contributed by atoms with Crippen molar-refractivity contribution in [1.29, 1.82) is 0 Å². The van der Waals surface area contributed by atoms with Crippen LogP contribution in [-0.4, -0.2) is 36.0 Å². The van der Waals surface area contributed by atoms with E-state index in [0.717, 1.165) is 9.13 Å². The smallest absolute Gasteiger partial charge is 0.407 e. The highest BCUT2D eigenvalue weighted by molar-refractivity contribution is 14.1. The van der Waals surface area contributed by atoms with Crippen LogP contribution in [0.4, 0.5) is 9.59 Å². The quantitative estimate of drug-likeness (QED) is 0.624. The SMILES string of the molecule is CC(C)(C)OC(=O)NC[C@H](Cc1ccc(I)cc1)NC(=O)OC(C)(C)C. The van der Waals surface area contributed by atoms with Gasteiger partial charge in [0, 0.05) is 10.1 Å². The Labute approximate surface area is 169 Å². The summed E-state index contributed by atoms with van der Waals surface area (Å²) in [6.45, 7) is 11.1. The van der Waals surface area contributed by atoms with Crippen LogP contribution in [0.2, 0.25) is 0 Å². The summed E-state index contributed by atoms with van der Waals surface area (Å²) < 4.78 is 11.7. The van der Waals surface area contributed by atoms with Gasteiger partial charge < -0.3 is 20.1 Å². The highest BCUT2D eigenvalue weighted by Crippen LogP contribution is 2.11. The van der Waals surface area contributed by atoms with Crippen LogP contribution in [0.3, 0.4) is 0 Å². The normalized spacial score (nSPS) is 12.9. The van der Waals surface area contributed by atoms with Gasteiger partial charge in [-0.25, -0.2) is 9.59 Å². The summed E-state index contributed by atoms with van der Waals surface area (Å²) in [6.07, 6.45) is -0.471. The molecule has 1 atom stereocenters. The first kappa shape index (κ1) is 22.5. The number of carbonyl (C=O) groups is 2. The summed E-state index contributed by atoms with van der Waals surface area (Å²) in [5.41, 5.74) is -0.109. The molecule has 2 N–H and O–H groups in total. The summed E-state index contributed by atoms with van der Waals surface area (Å²) in [5, 5.41) is 5.53. The first-order valence-corrected chi connectivity index (χ1v) is 9.63. The lowest BCUT2D eigenvalue weighted by molar-refractivity contribution is 0.0463. The lowest BCUT2D eigenvalue weighted by atomic mass is 10.1. The summed E-state index contributed by atoms with van der Waals surface area (Å²) in [7, 11) is 0. The molecule has 0 spiro atoms. The molecule has 6 nitrogen and oxygen atoms in total. The molecule has 0 aromatic heterocycles. The second-order valence-corrected chi connectivity index (χ2v) is 9.30. The van der Waals surface area contributed by atoms with Crippen LogP contribution in [0.1, 0.15) is 47.1 Å². The molecule has 2 amide bonds. The van der Waals surface area contributed by atoms with Crippen molar-refractivity contribution in [2.24, 2.45) is 0 Å². The molecule has 0 bridgehead atoms. The molecule has 7 heteroatoms. The molecule has 0 aliphatic rings. The highest BCUT2D eigenvalue weighted by atomic mass is 127. The molecule has 1 aromatic rings. The molecule has 0 saturated carbocycles. The monoisotopic (exact) mass is 476 g/mol. The minimum atomic E-state index is -0.587. The largest absolute Gasteiger partial charge is 0.444 e. The van der Waals surface area contributed by atoms with Crippen LogP contribution in [0.25, 0.3) is 0 Å². The second kappa shape index (κ2) is 9.43. The number of halogens is 1. The van der Waals surface area contributed by atoms with Crippen LogP contribution in [0.15, 0.2) is 24.3 Å². The third-order valence-corrected chi connectivity index (χ3v) is 3.73. The Morgan fingerprint density at radius 1 is 0.962 bits per heavy atom. The van der Waals surface area contributed by atoms with E-state index in [1.807, 2.05) is 24.3 Å². The van der Waals surface area contributed by atoms with Gasteiger partial charge in [-0.3, -0.25) is 0 Å². The Hall–Kier alpha value is -1.51. The maximum absolute atomic E-state index is 12.1. The van der Waals surface area contributed by atoms with E-state index in [1.165, 1.54) is 0 Å². The van der Waals surface area contributed by atoms with Gasteiger partial charge in [0.25, 0.3) is 0 Å². The van der Waals surface area contributed by atoms with Gasteiger partial charge in [-0.05, 0) is 88.3 Å². The maximum Gasteiger partial charge on any atom is 0.407 e. The van der Waals surface area contributed by atoms with Gasteiger partial charge in [-0.1, -0.05) is 12.1 Å². The fourth-order valence-electron chi connectivity index (χ4n) is 2.07. The Morgan fingerprint density at radius 2 is 1.46 bits per heavy atom. The van der Waals surface area contributed by atoms with Crippen LogP contribution in [0.5, 0.6) is 0 Å². The van der Waals surface area contributed by atoms with Crippen molar-refractivity contribution >= 4 is 34.8 Å². The van der Waals surface area contributed by atoms with E-state index in [-0.39, 0.29) is 12.6 Å². The number of alkyl carbamates (subject to hydrolysis) is 2. The molecule has 0 aliphatic heterocycles. The van der Waals surface area contributed by atoms with Crippen LogP contribution in [-0.2, 0) is 15.9 Å². The molecular formula is C19H29IN2O4. The standard InChI is InChI=1S/C19H29IN2O4/c1-18(2,3)25-16(23)21-12-15(22-17(24)26-19(4,5)6)11-13-7-9-14(20)10-8-13/h7-10,15H,11-12H2,1-6H3,(H,21,23)(H,22,24)/t15-/m0/s1. The van der Waals surface area contributed by atoms with E-state index in [0.29, 0.717) is 6.42 Å². The van der Waals surface area contributed by atoms with Crippen molar-refractivity contribution in [2.45, 2.75) is 65.2 Å². The lowest BCUT2D eigenvalue weighted by Crippen LogP contribution is -2.47. The van der Waals surface area contributed by atoms with E-state index >= 15 is 0 Å². The summed E-state index contributed by atoms with van der Waals surface area (Å²) >= 11 is 2.24. The predicted octanol–water partition coefficient (Wildman–Crippen LogP) is 4.25. The number of hydrogen-bond acceptors (Lipinski definition) is 4. The van der Waals surface area contributed by atoms with E-state index in [2.05, 4.69) is 33.2 Å². The predicted molar refractivity (Wildman–Crippen MR) is 110 cm³/mol. The summed E-state index contributed by atoms with van der Waals surface area (Å²) in [5.74, 6) is 0. The molecule has 26 heavy (non-hydrogen) atoms. The van der Waals surface area contributed by atoms with E-state index in [4.69, 9.17) is 9.47 Å². The zero-order valence-electron chi connectivity index (χ0n) is 16.3. The van der Waals surface area contributed by atoms with E-state index < -0.39 is 23.4 Å². The van der Waals surface area contributed by atoms with Gasteiger partial charge in [0.1, 0.15) is 11.2 Å². The fraction of sp³-hybridized carbons (Fsp3) is 0.579. The molecule has 0 radical (unpaired) electrons. The molecule has 0 saturated heterocycles. The molecule has 1 rings (SSSR count). The van der Waals surface area contributed by atoms with Crippen molar-refractivity contribution in [1.82, 2.24) is 10.6 Å². The Bertz CT molecular complexity index is 603. The molecule has 0 heterocycles. The number of hydrogen-bond donors (Lipinski definition) is 2. The van der Waals surface area contributed by atoms with Gasteiger partial charge in [-0.15, -0.1) is 0 Å². The molecular weight excluding hydrogens is 447 g/mol. The van der Waals surface area contributed by atoms with Gasteiger partial charge in [0.15, 0.2) is 0 Å². The Kier molecular flexibility index (Phi) is 8.17. The third-order valence-electron chi connectivity index (χ3n) is 3.01. The number of ether oxygens (including phenoxy) is 2. The molecule has 0 fully saturated rings. The molecule has 0 unspecified atom stereocenters. The average molecular weight is 476 g/mol. The van der Waals surface area contributed by atoms with Gasteiger partial charge in [-0.2, -0.15) is 0 Å². The average Bonchev–Trinajstić information content (AvgIpc) is 2.43. The number of benzene rings is 1. The van der Waals surface area contributed by atoms with Gasteiger partial charge in [0.2, 0.25) is 0 Å². The zero-order chi connectivity index (χ0) is 20.0. The van der Waals surface area contributed by atoms with Gasteiger partial charge >= 0.3 is 12.2 Å². The minimum absolute atomic E-state index is 0.236. The third kappa shape index (κ3) is 10.5. The molecule has 1 aromatic carbocycles. The van der Waals surface area contributed by atoms with Crippen molar-refractivity contribution in [3.63, 3.8) is 0 Å². The molecule has 146 valence electrons. The minimum Gasteiger partial charge on any atom is -0.444 e. The second-order valence-electron chi connectivity index (χ2n) is 8.06. The maximum atomic E-state index is 12.1. The summed E-state index contributed by atoms with van der Waals surface area (Å²) in [4.78, 5) is 24.0. The van der Waals surface area contributed by atoms with Crippen molar-refractivity contribution in [2.75, 3.05) is 6.54 Å². The number of nitrogens with one attached hydrogen (secondary N) is 2. The number of amides is 2. The van der Waals surface area contributed by atoms with E-state index in [9.17, 15) is 9.59 Å². The first-order chi connectivity index (χ1) is 11.8. The topological polar surface area (TPSA) is 76.7 Å². The van der Waals surface area contributed by atoms with E-state index in [1.54, 1.807) is 41.5 Å². The van der Waals surface area contributed by atoms with Crippen molar-refractivity contribution in [3.05, 3.63) is 33.4 Å². The van der Waals surface area contributed by atoms with Crippen molar-refractivity contribution < 1.29 is 19.1 Å².